The Bertz CT molecular complexity index is 595. The monoisotopic (exact) mass is 292 g/mol. The predicted molar refractivity (Wildman–Crippen MR) is 78.4 cm³/mol. The van der Waals surface area contributed by atoms with Crippen LogP contribution in [0.25, 0.3) is 0 Å². The van der Waals surface area contributed by atoms with Crippen LogP contribution in [0.15, 0.2) is 30.5 Å². The second-order valence-corrected chi connectivity index (χ2v) is 5.05. The number of halogens is 1. The van der Waals surface area contributed by atoms with Gasteiger partial charge in [-0.1, -0.05) is 18.5 Å². The lowest BCUT2D eigenvalue weighted by molar-refractivity contribution is 0.112. The van der Waals surface area contributed by atoms with Gasteiger partial charge in [-0.15, -0.1) is 0 Å². The number of hydrogen-bond acceptors (Lipinski definition) is 3. The van der Waals surface area contributed by atoms with E-state index in [4.69, 9.17) is 16.3 Å². The maximum Gasteiger partial charge on any atom is 0.150 e. The molecule has 2 aromatic rings. The first-order chi connectivity index (χ1) is 9.63. The molecule has 1 unspecified atom stereocenters. The van der Waals surface area contributed by atoms with E-state index in [9.17, 15) is 4.79 Å². The van der Waals surface area contributed by atoms with E-state index in [-0.39, 0.29) is 0 Å². The molecule has 0 aliphatic rings. The minimum Gasteiger partial charge on any atom is -0.486 e. The van der Waals surface area contributed by atoms with Crippen molar-refractivity contribution in [1.82, 2.24) is 9.78 Å². The number of benzene rings is 1. The van der Waals surface area contributed by atoms with Crippen LogP contribution in [0.1, 0.15) is 42.4 Å². The summed E-state index contributed by atoms with van der Waals surface area (Å²) in [4.78, 5) is 10.6. The standard InChI is InChI=1S/C15H17ClN2O2/c1-3-11(2)18-7-6-13(17-18)10-20-15-5-4-12(9-19)8-14(15)16/h4-9,11H,3,10H2,1-2H3. The van der Waals surface area contributed by atoms with Crippen LogP contribution in [0.4, 0.5) is 0 Å². The molecule has 0 N–H and O–H groups in total. The highest BCUT2D eigenvalue weighted by molar-refractivity contribution is 6.32. The summed E-state index contributed by atoms with van der Waals surface area (Å²) in [6, 6.07) is 7.25. The largest absolute Gasteiger partial charge is 0.486 e. The summed E-state index contributed by atoms with van der Waals surface area (Å²) in [5, 5.41) is 4.88. The highest BCUT2D eigenvalue weighted by Gasteiger charge is 2.07. The fourth-order valence-corrected chi connectivity index (χ4v) is 1.99. The molecule has 0 spiro atoms. The molecular weight excluding hydrogens is 276 g/mol. The molecule has 5 heteroatoms. The topological polar surface area (TPSA) is 44.1 Å². The summed E-state index contributed by atoms with van der Waals surface area (Å²) in [7, 11) is 0. The average Bonchev–Trinajstić information content (AvgIpc) is 2.94. The summed E-state index contributed by atoms with van der Waals surface area (Å²) in [6.07, 6.45) is 3.73. The number of carbonyl (C=O) groups excluding carboxylic acids is 1. The van der Waals surface area contributed by atoms with Crippen molar-refractivity contribution in [2.75, 3.05) is 0 Å². The van der Waals surface area contributed by atoms with Crippen LogP contribution in [0.5, 0.6) is 5.75 Å². The van der Waals surface area contributed by atoms with Gasteiger partial charge in [0.1, 0.15) is 18.6 Å². The zero-order chi connectivity index (χ0) is 14.5. The minimum atomic E-state index is 0.351. The Hall–Kier alpha value is -1.81. The van der Waals surface area contributed by atoms with Crippen LogP contribution in [0.3, 0.4) is 0 Å². The molecular formula is C15H17ClN2O2. The van der Waals surface area contributed by atoms with Crippen LogP contribution in [-0.2, 0) is 6.61 Å². The van der Waals surface area contributed by atoms with Crippen LogP contribution in [0.2, 0.25) is 5.02 Å². The number of aromatic nitrogens is 2. The molecule has 1 aromatic heterocycles. The summed E-state index contributed by atoms with van der Waals surface area (Å²) in [5.74, 6) is 0.551. The van der Waals surface area contributed by atoms with Crippen molar-refractivity contribution in [3.05, 3.63) is 46.7 Å². The molecule has 1 heterocycles. The number of nitrogens with zero attached hydrogens (tertiary/aromatic N) is 2. The van der Waals surface area contributed by atoms with Crippen molar-refractivity contribution in [3.8, 4) is 5.75 Å². The highest BCUT2D eigenvalue weighted by atomic mass is 35.5. The van der Waals surface area contributed by atoms with E-state index in [0.717, 1.165) is 18.4 Å². The van der Waals surface area contributed by atoms with E-state index < -0.39 is 0 Å². The molecule has 0 fully saturated rings. The fraction of sp³-hybridized carbons (Fsp3) is 0.333. The van der Waals surface area contributed by atoms with Crippen molar-refractivity contribution in [2.45, 2.75) is 32.9 Å². The van der Waals surface area contributed by atoms with Crippen LogP contribution < -0.4 is 4.74 Å². The number of aldehydes is 1. The highest BCUT2D eigenvalue weighted by Crippen LogP contribution is 2.25. The Kier molecular flexibility index (Phi) is 4.79. The quantitative estimate of drug-likeness (QED) is 0.759. The molecule has 0 saturated heterocycles. The molecule has 0 aliphatic carbocycles. The second kappa shape index (κ2) is 6.57. The van der Waals surface area contributed by atoms with Crippen molar-refractivity contribution >= 4 is 17.9 Å². The van der Waals surface area contributed by atoms with Gasteiger partial charge in [0, 0.05) is 17.8 Å². The third kappa shape index (κ3) is 3.39. The third-order valence-corrected chi connectivity index (χ3v) is 3.47. The van der Waals surface area contributed by atoms with Gasteiger partial charge < -0.3 is 4.74 Å². The number of carbonyl (C=O) groups is 1. The molecule has 0 aliphatic heterocycles. The lowest BCUT2D eigenvalue weighted by Gasteiger charge is -2.09. The summed E-state index contributed by atoms with van der Waals surface area (Å²) >= 11 is 6.04. The van der Waals surface area contributed by atoms with E-state index >= 15 is 0 Å². The SMILES string of the molecule is CCC(C)n1ccc(COc2ccc(C=O)cc2Cl)n1. The zero-order valence-electron chi connectivity index (χ0n) is 11.5. The Labute approximate surface area is 123 Å². The van der Waals surface area contributed by atoms with Crippen molar-refractivity contribution in [2.24, 2.45) is 0 Å². The van der Waals surface area contributed by atoms with E-state index in [1.165, 1.54) is 0 Å². The van der Waals surface area contributed by atoms with Gasteiger partial charge in [0.05, 0.1) is 10.7 Å². The zero-order valence-corrected chi connectivity index (χ0v) is 12.3. The van der Waals surface area contributed by atoms with Crippen LogP contribution in [0, 0.1) is 0 Å². The van der Waals surface area contributed by atoms with E-state index in [2.05, 4.69) is 18.9 Å². The third-order valence-electron chi connectivity index (χ3n) is 3.17. The Morgan fingerprint density at radius 2 is 2.25 bits per heavy atom. The van der Waals surface area contributed by atoms with E-state index in [1.54, 1.807) is 18.2 Å². The summed E-state index contributed by atoms with van der Waals surface area (Å²) in [5.41, 5.74) is 1.38. The molecule has 0 radical (unpaired) electrons. The lowest BCUT2D eigenvalue weighted by Crippen LogP contribution is -2.05. The predicted octanol–water partition coefficient (Wildman–Crippen LogP) is 3.90. The summed E-state index contributed by atoms with van der Waals surface area (Å²) in [6.45, 7) is 4.59. The molecule has 2 rings (SSSR count). The molecule has 1 atom stereocenters. The van der Waals surface area contributed by atoms with Gasteiger partial charge >= 0.3 is 0 Å². The molecule has 106 valence electrons. The van der Waals surface area contributed by atoms with Gasteiger partial charge in [-0.2, -0.15) is 5.10 Å². The van der Waals surface area contributed by atoms with Gasteiger partial charge in [-0.05, 0) is 37.6 Å². The van der Waals surface area contributed by atoms with Crippen LogP contribution in [-0.4, -0.2) is 16.1 Å². The normalized spacial score (nSPS) is 12.2. The molecule has 1 aromatic carbocycles. The maximum atomic E-state index is 10.6. The van der Waals surface area contributed by atoms with Gasteiger partial charge in [0.15, 0.2) is 0 Å². The Morgan fingerprint density at radius 3 is 2.90 bits per heavy atom. The van der Waals surface area contributed by atoms with Crippen molar-refractivity contribution < 1.29 is 9.53 Å². The van der Waals surface area contributed by atoms with E-state index in [0.29, 0.717) is 29.0 Å². The smallest absolute Gasteiger partial charge is 0.150 e. The molecule has 0 amide bonds. The van der Waals surface area contributed by atoms with Gasteiger partial charge in [0.2, 0.25) is 0 Å². The molecule has 4 nitrogen and oxygen atoms in total. The van der Waals surface area contributed by atoms with E-state index in [1.807, 2.05) is 16.9 Å². The van der Waals surface area contributed by atoms with Gasteiger partial charge in [-0.25, -0.2) is 0 Å². The first-order valence-corrected chi connectivity index (χ1v) is 6.93. The summed E-state index contributed by atoms with van der Waals surface area (Å²) < 4.78 is 7.55. The second-order valence-electron chi connectivity index (χ2n) is 4.64. The minimum absolute atomic E-state index is 0.351. The Balaban J connectivity index is 2.01. The number of rotatable bonds is 6. The maximum absolute atomic E-state index is 10.6. The molecule has 0 saturated carbocycles. The lowest BCUT2D eigenvalue weighted by atomic mass is 10.2. The van der Waals surface area contributed by atoms with Crippen molar-refractivity contribution in [1.29, 1.82) is 0 Å². The first kappa shape index (κ1) is 14.6. The fourth-order valence-electron chi connectivity index (χ4n) is 1.75. The number of hydrogen-bond donors (Lipinski definition) is 0. The molecule has 0 bridgehead atoms. The van der Waals surface area contributed by atoms with Crippen LogP contribution >= 0.6 is 11.6 Å². The Morgan fingerprint density at radius 1 is 1.45 bits per heavy atom. The average molecular weight is 293 g/mol. The number of ether oxygens (including phenoxy) is 1. The van der Waals surface area contributed by atoms with Crippen molar-refractivity contribution in [3.63, 3.8) is 0 Å². The molecule has 20 heavy (non-hydrogen) atoms. The van der Waals surface area contributed by atoms with Gasteiger partial charge in [-0.3, -0.25) is 9.48 Å². The first-order valence-electron chi connectivity index (χ1n) is 6.55. The van der Waals surface area contributed by atoms with Gasteiger partial charge in [0.25, 0.3) is 0 Å².